The number of halogens is 2. The quantitative estimate of drug-likeness (QED) is 0.575. The van der Waals surface area contributed by atoms with Crippen LogP contribution in [0.5, 0.6) is 0 Å². The van der Waals surface area contributed by atoms with Crippen LogP contribution in [0, 0.1) is 0 Å². The first-order valence-electron chi connectivity index (χ1n) is 1.47. The Morgan fingerprint density at radius 1 is 1.60 bits per heavy atom. The van der Waals surface area contributed by atoms with Crippen molar-refractivity contribution in [1.82, 2.24) is 0 Å². The van der Waals surface area contributed by atoms with Crippen LogP contribution in [0.2, 0.25) is 0 Å². The number of rotatable bonds is 1. The standard InChI is InChI=1S/C3H7Br.BrH/c1-2-3-4;/h2-3H2,1H3;1H. The molecule has 0 atom stereocenters. The molecule has 0 spiro atoms. The summed E-state index contributed by atoms with van der Waals surface area (Å²) in [5, 5.41) is 1.13. The van der Waals surface area contributed by atoms with E-state index in [4.69, 9.17) is 0 Å². The Morgan fingerprint density at radius 2 is 1.80 bits per heavy atom. The predicted molar refractivity (Wildman–Crippen MR) is 34.4 cm³/mol. The highest BCUT2D eigenvalue weighted by molar-refractivity contribution is 9.09. The van der Waals surface area contributed by atoms with Crippen LogP contribution in [-0.4, -0.2) is 5.33 Å². The molecule has 0 aliphatic carbocycles. The molecule has 0 amide bonds. The van der Waals surface area contributed by atoms with Gasteiger partial charge in [-0.1, -0.05) is 22.9 Å². The lowest BCUT2D eigenvalue weighted by Crippen LogP contribution is -1.54. The van der Waals surface area contributed by atoms with Crippen molar-refractivity contribution < 1.29 is 0 Å². The Hall–Kier alpha value is 0.960. The Kier molecular flexibility index (Phi) is 16.6. The van der Waals surface area contributed by atoms with Crippen LogP contribution in [0.3, 0.4) is 0 Å². The number of hydrogen-bond donors (Lipinski definition) is 0. The van der Waals surface area contributed by atoms with E-state index < -0.39 is 0 Å². The predicted octanol–water partition coefficient (Wildman–Crippen LogP) is 2.37. The Bertz CT molecular complexity index is 6.85. The minimum absolute atomic E-state index is 0. The molecular formula is C3H8Br2. The molecule has 0 unspecified atom stereocenters. The maximum atomic E-state index is 3.25. The second kappa shape index (κ2) is 8.88. The first kappa shape index (κ1) is 9.35. The fourth-order valence-corrected chi connectivity index (χ4v) is 0. The van der Waals surface area contributed by atoms with Gasteiger partial charge in [0.2, 0.25) is 0 Å². The van der Waals surface area contributed by atoms with E-state index in [1.807, 2.05) is 0 Å². The second-order valence-corrected chi connectivity index (χ2v) is 1.48. The van der Waals surface area contributed by atoms with Gasteiger partial charge in [0.05, 0.1) is 0 Å². The molecule has 2 heteroatoms. The summed E-state index contributed by atoms with van der Waals surface area (Å²) in [4.78, 5) is 0. The third kappa shape index (κ3) is 11.3. The van der Waals surface area contributed by atoms with Gasteiger partial charge in [0.25, 0.3) is 0 Å². The van der Waals surface area contributed by atoms with Crippen molar-refractivity contribution in [2.45, 2.75) is 13.3 Å². The van der Waals surface area contributed by atoms with E-state index in [1.54, 1.807) is 0 Å². The normalized spacial score (nSPS) is 6.00. The van der Waals surface area contributed by atoms with Gasteiger partial charge in [-0.3, -0.25) is 0 Å². The average molecular weight is 204 g/mol. The topological polar surface area (TPSA) is 0 Å². The van der Waals surface area contributed by atoms with Gasteiger partial charge in [-0.15, -0.1) is 17.0 Å². The van der Waals surface area contributed by atoms with E-state index in [2.05, 4.69) is 22.9 Å². The van der Waals surface area contributed by atoms with Gasteiger partial charge < -0.3 is 0 Å². The van der Waals surface area contributed by atoms with Crippen LogP contribution in [0.25, 0.3) is 0 Å². The first-order valence-corrected chi connectivity index (χ1v) is 2.60. The van der Waals surface area contributed by atoms with Gasteiger partial charge in [-0.25, -0.2) is 0 Å². The smallest absolute Gasteiger partial charge is 0.00286 e. The summed E-state index contributed by atoms with van der Waals surface area (Å²) in [6.07, 6.45) is 1.24. The van der Waals surface area contributed by atoms with E-state index in [9.17, 15) is 0 Å². The lowest BCUT2D eigenvalue weighted by molar-refractivity contribution is 1.12. The molecule has 0 aliphatic rings. The molecule has 5 heavy (non-hydrogen) atoms. The summed E-state index contributed by atoms with van der Waals surface area (Å²) in [6.45, 7) is 2.13. The van der Waals surface area contributed by atoms with Crippen LogP contribution in [0.4, 0.5) is 0 Å². The zero-order valence-corrected chi connectivity index (χ0v) is 6.50. The molecule has 0 aromatic rings. The SMILES string of the molecule is Br.CCCBr. The van der Waals surface area contributed by atoms with Crippen LogP contribution < -0.4 is 0 Å². The summed E-state index contributed by atoms with van der Waals surface area (Å²) in [5.41, 5.74) is 0. The molecule has 0 saturated heterocycles. The molecule has 0 bridgehead atoms. The molecule has 0 rings (SSSR count). The van der Waals surface area contributed by atoms with Crippen LogP contribution in [0.15, 0.2) is 0 Å². The lowest BCUT2D eigenvalue weighted by atomic mass is 10.6. The molecular weight excluding hydrogens is 196 g/mol. The van der Waals surface area contributed by atoms with Crippen molar-refractivity contribution in [3.63, 3.8) is 0 Å². The van der Waals surface area contributed by atoms with Crippen molar-refractivity contribution in [3.05, 3.63) is 0 Å². The summed E-state index contributed by atoms with van der Waals surface area (Å²) in [6, 6.07) is 0. The molecule has 0 N–H and O–H groups in total. The monoisotopic (exact) mass is 202 g/mol. The summed E-state index contributed by atoms with van der Waals surface area (Å²) < 4.78 is 0. The zero-order chi connectivity index (χ0) is 3.41. The summed E-state index contributed by atoms with van der Waals surface area (Å²) in [5.74, 6) is 0. The van der Waals surface area contributed by atoms with Gasteiger partial charge in [0.1, 0.15) is 0 Å². The number of alkyl halides is 1. The van der Waals surface area contributed by atoms with Crippen molar-refractivity contribution in [3.8, 4) is 0 Å². The highest BCUT2D eigenvalue weighted by Gasteiger charge is 1.58. The molecule has 0 radical (unpaired) electrons. The molecule has 34 valence electrons. The molecule has 0 aromatic heterocycles. The van der Waals surface area contributed by atoms with Crippen molar-refractivity contribution >= 4 is 32.9 Å². The second-order valence-electron chi connectivity index (χ2n) is 0.689. The van der Waals surface area contributed by atoms with Gasteiger partial charge in [0.15, 0.2) is 0 Å². The van der Waals surface area contributed by atoms with Gasteiger partial charge >= 0.3 is 0 Å². The molecule has 0 heterocycles. The minimum atomic E-state index is 0. The molecule has 0 fully saturated rings. The van der Waals surface area contributed by atoms with Crippen molar-refractivity contribution in [1.29, 1.82) is 0 Å². The Balaban J connectivity index is 0. The molecule has 0 nitrogen and oxygen atoms in total. The van der Waals surface area contributed by atoms with Crippen LogP contribution in [0.1, 0.15) is 13.3 Å². The molecule has 0 aliphatic heterocycles. The first-order chi connectivity index (χ1) is 1.91. The molecule has 0 aromatic carbocycles. The largest absolute Gasteiger partial charge is 0.114 e. The Labute approximate surface area is 51.8 Å². The zero-order valence-electron chi connectivity index (χ0n) is 3.20. The van der Waals surface area contributed by atoms with Crippen LogP contribution >= 0.6 is 32.9 Å². The summed E-state index contributed by atoms with van der Waals surface area (Å²) >= 11 is 3.25. The molecule has 0 saturated carbocycles. The van der Waals surface area contributed by atoms with E-state index in [0.717, 1.165) is 5.33 Å². The maximum absolute atomic E-state index is 3.25. The lowest BCUT2D eigenvalue weighted by Gasteiger charge is -1.66. The fraction of sp³-hybridized carbons (Fsp3) is 1.00. The van der Waals surface area contributed by atoms with Crippen LogP contribution in [-0.2, 0) is 0 Å². The third-order valence-electron chi connectivity index (χ3n) is 0.189. The van der Waals surface area contributed by atoms with E-state index in [1.165, 1.54) is 6.42 Å². The van der Waals surface area contributed by atoms with E-state index in [0.29, 0.717) is 0 Å². The van der Waals surface area contributed by atoms with Crippen molar-refractivity contribution in [2.24, 2.45) is 0 Å². The van der Waals surface area contributed by atoms with E-state index in [-0.39, 0.29) is 17.0 Å². The summed E-state index contributed by atoms with van der Waals surface area (Å²) in [7, 11) is 0. The average Bonchev–Trinajstić information content (AvgIpc) is 1.37. The highest BCUT2D eigenvalue weighted by atomic mass is 79.9. The van der Waals surface area contributed by atoms with Crippen molar-refractivity contribution in [2.75, 3.05) is 5.33 Å². The minimum Gasteiger partial charge on any atom is -0.114 e. The maximum Gasteiger partial charge on any atom is 0.00286 e. The van der Waals surface area contributed by atoms with E-state index >= 15 is 0 Å². The Morgan fingerprint density at radius 3 is 1.80 bits per heavy atom. The highest BCUT2D eigenvalue weighted by Crippen LogP contribution is 1.80. The fourth-order valence-electron chi connectivity index (χ4n) is 0. The van der Waals surface area contributed by atoms with Gasteiger partial charge in [0, 0.05) is 5.33 Å². The third-order valence-corrected chi connectivity index (χ3v) is 0.982. The van der Waals surface area contributed by atoms with Gasteiger partial charge in [-0.05, 0) is 6.42 Å². The number of hydrogen-bond acceptors (Lipinski definition) is 0. The van der Waals surface area contributed by atoms with Gasteiger partial charge in [-0.2, -0.15) is 0 Å².